The molecule has 1 atom stereocenters. The minimum atomic E-state index is -0.336. The standard InChI is InChI=1S/C16H15IN2O2/c1-18-15(10-4-3-5-12(17)8-10)11-6-7-13-14(9-11)21-16(20)19(13)2/h3-9,15,18H,1-2H3. The average Bonchev–Trinajstić information content (AvgIpc) is 2.75. The van der Waals surface area contributed by atoms with Gasteiger partial charge in [-0.2, -0.15) is 0 Å². The monoisotopic (exact) mass is 394 g/mol. The lowest BCUT2D eigenvalue weighted by molar-refractivity contribution is 0.527. The van der Waals surface area contributed by atoms with Crippen LogP contribution in [0.2, 0.25) is 0 Å². The Balaban J connectivity index is 2.11. The van der Waals surface area contributed by atoms with Gasteiger partial charge >= 0.3 is 5.76 Å². The van der Waals surface area contributed by atoms with Gasteiger partial charge in [0.15, 0.2) is 5.58 Å². The molecule has 0 amide bonds. The van der Waals surface area contributed by atoms with E-state index in [0.717, 1.165) is 11.1 Å². The molecule has 1 aromatic heterocycles. The SMILES string of the molecule is CNC(c1cccc(I)c1)c1ccc2c(c1)oc(=O)n2C. The van der Waals surface area contributed by atoms with Gasteiger partial charge in [0.2, 0.25) is 0 Å². The number of rotatable bonds is 3. The van der Waals surface area contributed by atoms with Crippen LogP contribution in [-0.2, 0) is 7.05 Å². The van der Waals surface area contributed by atoms with Crippen molar-refractivity contribution in [2.45, 2.75) is 6.04 Å². The molecular formula is C16H15IN2O2. The van der Waals surface area contributed by atoms with Crippen LogP contribution in [0.5, 0.6) is 0 Å². The van der Waals surface area contributed by atoms with Crippen molar-refractivity contribution in [3.63, 3.8) is 0 Å². The molecule has 0 saturated carbocycles. The molecule has 1 heterocycles. The predicted molar refractivity (Wildman–Crippen MR) is 91.5 cm³/mol. The van der Waals surface area contributed by atoms with Crippen molar-refractivity contribution in [1.29, 1.82) is 0 Å². The summed E-state index contributed by atoms with van der Waals surface area (Å²) in [7, 11) is 3.64. The van der Waals surface area contributed by atoms with Crippen LogP contribution >= 0.6 is 22.6 Å². The second-order valence-electron chi connectivity index (χ2n) is 4.93. The number of aromatic nitrogens is 1. The third-order valence-electron chi connectivity index (χ3n) is 3.62. The maximum Gasteiger partial charge on any atom is 0.419 e. The number of aryl methyl sites for hydroxylation is 1. The average molecular weight is 394 g/mol. The van der Waals surface area contributed by atoms with Crippen molar-refractivity contribution in [3.8, 4) is 0 Å². The number of benzene rings is 2. The molecule has 0 fully saturated rings. The van der Waals surface area contributed by atoms with Crippen LogP contribution in [0.1, 0.15) is 17.2 Å². The third kappa shape index (κ3) is 2.63. The van der Waals surface area contributed by atoms with Gasteiger partial charge in [-0.05, 0) is 65.0 Å². The quantitative estimate of drug-likeness (QED) is 0.695. The van der Waals surface area contributed by atoms with E-state index in [-0.39, 0.29) is 11.8 Å². The maximum atomic E-state index is 11.6. The number of nitrogens with one attached hydrogen (secondary N) is 1. The topological polar surface area (TPSA) is 47.2 Å². The Labute approximate surface area is 135 Å². The molecule has 3 aromatic rings. The number of fused-ring (bicyclic) bond motifs is 1. The normalized spacial score (nSPS) is 12.7. The summed E-state index contributed by atoms with van der Waals surface area (Å²) in [5.41, 5.74) is 3.68. The summed E-state index contributed by atoms with van der Waals surface area (Å²) < 4.78 is 7.98. The van der Waals surface area contributed by atoms with E-state index in [1.807, 2.05) is 31.3 Å². The van der Waals surface area contributed by atoms with Gasteiger partial charge in [-0.1, -0.05) is 18.2 Å². The molecule has 0 aliphatic rings. The highest BCUT2D eigenvalue weighted by Gasteiger charge is 2.15. The molecule has 0 spiro atoms. The van der Waals surface area contributed by atoms with Gasteiger partial charge in [0.1, 0.15) is 0 Å². The van der Waals surface area contributed by atoms with E-state index in [1.54, 1.807) is 7.05 Å². The highest BCUT2D eigenvalue weighted by molar-refractivity contribution is 14.1. The van der Waals surface area contributed by atoms with Crippen LogP contribution in [0, 0.1) is 3.57 Å². The van der Waals surface area contributed by atoms with Gasteiger partial charge in [0.25, 0.3) is 0 Å². The number of hydrogen-bond donors (Lipinski definition) is 1. The van der Waals surface area contributed by atoms with E-state index < -0.39 is 0 Å². The smallest absolute Gasteiger partial charge is 0.408 e. The number of nitrogens with zero attached hydrogens (tertiary/aromatic N) is 1. The van der Waals surface area contributed by atoms with Crippen molar-refractivity contribution >= 4 is 33.7 Å². The fourth-order valence-corrected chi connectivity index (χ4v) is 3.11. The lowest BCUT2D eigenvalue weighted by Gasteiger charge is -2.17. The molecule has 0 bridgehead atoms. The van der Waals surface area contributed by atoms with E-state index in [4.69, 9.17) is 4.42 Å². The molecule has 0 saturated heterocycles. The predicted octanol–water partition coefficient (Wildman–Crippen LogP) is 3.04. The number of halogens is 1. The summed E-state index contributed by atoms with van der Waals surface area (Å²) in [6, 6.07) is 14.3. The minimum absolute atomic E-state index is 0.0645. The molecule has 1 unspecified atom stereocenters. The van der Waals surface area contributed by atoms with Crippen LogP contribution in [0.4, 0.5) is 0 Å². The first-order valence-corrected chi connectivity index (χ1v) is 7.70. The minimum Gasteiger partial charge on any atom is -0.408 e. The highest BCUT2D eigenvalue weighted by Crippen LogP contribution is 2.25. The molecular weight excluding hydrogens is 379 g/mol. The molecule has 0 aliphatic carbocycles. The van der Waals surface area contributed by atoms with Crippen molar-refractivity contribution in [1.82, 2.24) is 9.88 Å². The summed E-state index contributed by atoms with van der Waals surface area (Å²) >= 11 is 2.31. The van der Waals surface area contributed by atoms with Crippen molar-refractivity contribution in [3.05, 3.63) is 67.7 Å². The van der Waals surface area contributed by atoms with Gasteiger partial charge in [-0.15, -0.1) is 0 Å². The first-order valence-electron chi connectivity index (χ1n) is 6.62. The van der Waals surface area contributed by atoms with Crippen molar-refractivity contribution < 1.29 is 4.42 Å². The van der Waals surface area contributed by atoms with Crippen LogP contribution in [0.3, 0.4) is 0 Å². The molecule has 0 radical (unpaired) electrons. The Bertz CT molecular complexity index is 851. The van der Waals surface area contributed by atoms with Crippen molar-refractivity contribution in [2.75, 3.05) is 7.05 Å². The first-order chi connectivity index (χ1) is 10.1. The summed E-state index contributed by atoms with van der Waals surface area (Å²) in [4.78, 5) is 11.6. The lowest BCUT2D eigenvalue weighted by atomic mass is 9.99. The fourth-order valence-electron chi connectivity index (χ4n) is 2.54. The summed E-state index contributed by atoms with van der Waals surface area (Å²) in [6.45, 7) is 0. The Kier molecular flexibility index (Phi) is 3.86. The largest absolute Gasteiger partial charge is 0.419 e. The Morgan fingerprint density at radius 1 is 1.19 bits per heavy atom. The van der Waals surface area contributed by atoms with Crippen molar-refractivity contribution in [2.24, 2.45) is 7.05 Å². The Morgan fingerprint density at radius 3 is 2.67 bits per heavy atom. The van der Waals surface area contributed by atoms with E-state index in [2.05, 4.69) is 46.1 Å². The lowest BCUT2D eigenvalue weighted by Crippen LogP contribution is -2.17. The highest BCUT2D eigenvalue weighted by atomic mass is 127. The number of hydrogen-bond acceptors (Lipinski definition) is 3. The Morgan fingerprint density at radius 2 is 1.95 bits per heavy atom. The molecule has 3 rings (SSSR count). The van der Waals surface area contributed by atoms with Crippen LogP contribution in [-0.4, -0.2) is 11.6 Å². The fraction of sp³-hybridized carbons (Fsp3) is 0.188. The maximum absolute atomic E-state index is 11.6. The molecule has 5 heteroatoms. The van der Waals surface area contributed by atoms with Gasteiger partial charge < -0.3 is 9.73 Å². The Hall–Kier alpha value is -1.60. The zero-order chi connectivity index (χ0) is 15.0. The third-order valence-corrected chi connectivity index (χ3v) is 4.29. The van der Waals surface area contributed by atoms with Crippen LogP contribution < -0.4 is 11.1 Å². The van der Waals surface area contributed by atoms with Gasteiger partial charge in [0.05, 0.1) is 11.6 Å². The van der Waals surface area contributed by atoms with Gasteiger partial charge in [0, 0.05) is 10.6 Å². The summed E-state index contributed by atoms with van der Waals surface area (Å²) in [5, 5.41) is 3.32. The molecule has 21 heavy (non-hydrogen) atoms. The second kappa shape index (κ2) is 5.65. The van der Waals surface area contributed by atoms with E-state index in [1.165, 1.54) is 13.7 Å². The molecule has 0 aliphatic heterocycles. The van der Waals surface area contributed by atoms with E-state index in [0.29, 0.717) is 5.58 Å². The van der Waals surface area contributed by atoms with Gasteiger partial charge in [-0.3, -0.25) is 4.57 Å². The molecule has 2 aromatic carbocycles. The zero-order valence-corrected chi connectivity index (χ0v) is 13.9. The summed E-state index contributed by atoms with van der Waals surface area (Å²) in [5.74, 6) is -0.336. The second-order valence-corrected chi connectivity index (χ2v) is 6.18. The van der Waals surface area contributed by atoms with Crippen LogP contribution in [0.25, 0.3) is 11.1 Å². The number of oxazole rings is 1. The molecule has 108 valence electrons. The first kappa shape index (κ1) is 14.3. The summed E-state index contributed by atoms with van der Waals surface area (Å²) in [6.07, 6.45) is 0. The molecule has 1 N–H and O–H groups in total. The molecule has 4 nitrogen and oxygen atoms in total. The van der Waals surface area contributed by atoms with E-state index in [9.17, 15) is 4.79 Å². The van der Waals surface area contributed by atoms with Gasteiger partial charge in [-0.25, -0.2) is 4.79 Å². The van der Waals surface area contributed by atoms with E-state index >= 15 is 0 Å². The van der Waals surface area contributed by atoms with Crippen LogP contribution in [0.15, 0.2) is 51.7 Å². The zero-order valence-electron chi connectivity index (χ0n) is 11.8.